The van der Waals surface area contributed by atoms with E-state index in [9.17, 15) is 9.59 Å². The molecule has 0 aromatic carbocycles. The minimum atomic E-state index is -0.913. The van der Waals surface area contributed by atoms with E-state index in [4.69, 9.17) is 9.84 Å². The van der Waals surface area contributed by atoms with E-state index in [1.54, 1.807) is 7.11 Å². The highest BCUT2D eigenvalue weighted by Gasteiger charge is 2.43. The molecule has 1 saturated heterocycles. The zero-order valence-corrected chi connectivity index (χ0v) is 10.7. The average molecular weight is 259 g/mol. The molecular weight excluding hydrogens is 242 g/mol. The highest BCUT2D eigenvalue weighted by Crippen LogP contribution is 2.39. The van der Waals surface area contributed by atoms with Gasteiger partial charge in [0.25, 0.3) is 0 Å². The van der Waals surface area contributed by atoms with E-state index in [1.807, 2.05) is 0 Å². The molecule has 5 nitrogen and oxygen atoms in total. The van der Waals surface area contributed by atoms with Gasteiger partial charge in [-0.1, -0.05) is 0 Å². The minimum Gasteiger partial charge on any atom is -0.480 e. The number of carbonyl (C=O) groups is 2. The molecule has 2 rings (SSSR count). The molecule has 2 aliphatic rings. The molecule has 17 heavy (non-hydrogen) atoms. The smallest absolute Gasteiger partial charge is 0.327 e. The maximum absolute atomic E-state index is 12.1. The number of nitrogens with zero attached hydrogens (tertiary/aromatic N) is 1. The van der Waals surface area contributed by atoms with Crippen molar-refractivity contribution in [3.05, 3.63) is 0 Å². The zero-order chi connectivity index (χ0) is 12.5. The third-order valence-corrected chi connectivity index (χ3v) is 4.67. The first kappa shape index (κ1) is 12.7. The lowest BCUT2D eigenvalue weighted by Crippen LogP contribution is -2.48. The Kier molecular flexibility index (Phi) is 3.63. The van der Waals surface area contributed by atoms with Crippen LogP contribution in [0.25, 0.3) is 0 Å². The first-order valence-electron chi connectivity index (χ1n) is 5.73. The lowest BCUT2D eigenvalue weighted by atomic mass is 9.77. The third-order valence-electron chi connectivity index (χ3n) is 3.66. The van der Waals surface area contributed by atoms with Gasteiger partial charge in [-0.2, -0.15) is 0 Å². The lowest BCUT2D eigenvalue weighted by Gasteiger charge is -2.41. The van der Waals surface area contributed by atoms with E-state index in [1.165, 1.54) is 16.7 Å². The van der Waals surface area contributed by atoms with E-state index >= 15 is 0 Å². The number of ether oxygens (including phenoxy) is 1. The van der Waals surface area contributed by atoms with Gasteiger partial charge in [-0.25, -0.2) is 4.79 Å². The standard InChI is InChI=1S/C11H17NO4S/c1-16-11(3-2-4-11)5-9(13)12-7-17-6-8(12)10(14)15/h8H,2-7H2,1H3,(H,14,15). The van der Waals surface area contributed by atoms with Crippen molar-refractivity contribution < 1.29 is 19.4 Å². The van der Waals surface area contributed by atoms with Gasteiger partial charge in [-0.15, -0.1) is 11.8 Å². The van der Waals surface area contributed by atoms with Gasteiger partial charge in [0.2, 0.25) is 5.91 Å². The van der Waals surface area contributed by atoms with Gasteiger partial charge in [0, 0.05) is 12.9 Å². The quantitative estimate of drug-likeness (QED) is 0.813. The Hall–Kier alpha value is -0.750. The van der Waals surface area contributed by atoms with Crippen LogP contribution in [-0.4, -0.2) is 52.3 Å². The molecule has 0 aromatic heterocycles. The molecule has 1 heterocycles. The molecule has 1 aliphatic carbocycles. The van der Waals surface area contributed by atoms with Crippen LogP contribution in [0.3, 0.4) is 0 Å². The number of amides is 1. The summed E-state index contributed by atoms with van der Waals surface area (Å²) in [6.07, 6.45) is 3.19. The summed E-state index contributed by atoms with van der Waals surface area (Å²) in [6.45, 7) is 0. The van der Waals surface area contributed by atoms with Crippen LogP contribution < -0.4 is 0 Å². The molecular formula is C11H17NO4S. The molecule has 0 spiro atoms. The van der Waals surface area contributed by atoms with Crippen LogP contribution in [0.15, 0.2) is 0 Å². The van der Waals surface area contributed by atoms with Crippen molar-refractivity contribution in [2.45, 2.75) is 37.3 Å². The number of hydrogen-bond acceptors (Lipinski definition) is 4. The number of carboxylic acid groups (broad SMARTS) is 1. The molecule has 6 heteroatoms. The predicted octanol–water partition coefficient (Wildman–Crippen LogP) is 0.932. The lowest BCUT2D eigenvalue weighted by molar-refractivity contribution is -0.153. The zero-order valence-electron chi connectivity index (χ0n) is 9.85. The van der Waals surface area contributed by atoms with Crippen molar-refractivity contribution in [1.82, 2.24) is 4.90 Å². The van der Waals surface area contributed by atoms with Gasteiger partial charge >= 0.3 is 5.97 Å². The molecule has 1 amide bonds. The van der Waals surface area contributed by atoms with E-state index in [0.717, 1.165) is 19.3 Å². The fraction of sp³-hybridized carbons (Fsp3) is 0.818. The van der Waals surface area contributed by atoms with Crippen molar-refractivity contribution >= 4 is 23.6 Å². The second-order valence-corrected chi connectivity index (χ2v) is 5.63. The predicted molar refractivity (Wildman–Crippen MR) is 63.8 cm³/mol. The monoisotopic (exact) mass is 259 g/mol. The Morgan fingerprint density at radius 1 is 1.53 bits per heavy atom. The van der Waals surface area contributed by atoms with Gasteiger partial charge < -0.3 is 14.7 Å². The number of rotatable bonds is 4. The number of thioether (sulfide) groups is 1. The summed E-state index contributed by atoms with van der Waals surface area (Å²) >= 11 is 1.49. The third kappa shape index (κ3) is 2.42. The van der Waals surface area contributed by atoms with Crippen molar-refractivity contribution in [3.63, 3.8) is 0 Å². The summed E-state index contributed by atoms with van der Waals surface area (Å²) in [6, 6.07) is -0.665. The summed E-state index contributed by atoms with van der Waals surface area (Å²) in [5.41, 5.74) is -0.326. The van der Waals surface area contributed by atoms with Gasteiger partial charge in [-0.3, -0.25) is 4.79 Å². The fourth-order valence-corrected chi connectivity index (χ4v) is 3.47. The molecule has 1 atom stereocenters. The van der Waals surface area contributed by atoms with Crippen molar-refractivity contribution in [2.75, 3.05) is 18.7 Å². The van der Waals surface area contributed by atoms with Crippen LogP contribution in [0.2, 0.25) is 0 Å². The Morgan fingerprint density at radius 3 is 2.71 bits per heavy atom. The normalized spacial score (nSPS) is 26.6. The number of hydrogen-bond donors (Lipinski definition) is 1. The number of methoxy groups -OCH3 is 1. The second kappa shape index (κ2) is 4.86. The summed E-state index contributed by atoms with van der Waals surface area (Å²) in [5.74, 6) is -0.0382. The second-order valence-electron chi connectivity index (χ2n) is 4.63. The molecule has 2 fully saturated rings. The molecule has 1 saturated carbocycles. The average Bonchev–Trinajstić information content (AvgIpc) is 2.72. The molecule has 0 bridgehead atoms. The summed E-state index contributed by atoms with van der Waals surface area (Å²) in [4.78, 5) is 24.6. The minimum absolute atomic E-state index is 0.0936. The highest BCUT2D eigenvalue weighted by molar-refractivity contribution is 7.99. The van der Waals surface area contributed by atoms with Crippen LogP contribution >= 0.6 is 11.8 Å². The first-order chi connectivity index (χ1) is 8.08. The number of carboxylic acids is 1. The van der Waals surface area contributed by atoms with Crippen molar-refractivity contribution in [2.24, 2.45) is 0 Å². The van der Waals surface area contributed by atoms with Crippen molar-refractivity contribution in [1.29, 1.82) is 0 Å². The molecule has 1 aliphatic heterocycles. The van der Waals surface area contributed by atoms with Gasteiger partial charge in [0.05, 0.1) is 17.9 Å². The molecule has 1 N–H and O–H groups in total. The van der Waals surface area contributed by atoms with E-state index < -0.39 is 12.0 Å². The van der Waals surface area contributed by atoms with E-state index in [0.29, 0.717) is 18.1 Å². The Balaban J connectivity index is 1.97. The van der Waals surface area contributed by atoms with Crippen LogP contribution in [-0.2, 0) is 14.3 Å². The largest absolute Gasteiger partial charge is 0.480 e. The summed E-state index contributed by atoms with van der Waals surface area (Å²) in [7, 11) is 1.62. The number of carbonyl (C=O) groups excluding carboxylic acids is 1. The molecule has 0 aromatic rings. The number of aliphatic carboxylic acids is 1. The fourth-order valence-electron chi connectivity index (χ4n) is 2.29. The summed E-state index contributed by atoms with van der Waals surface area (Å²) < 4.78 is 5.40. The van der Waals surface area contributed by atoms with Crippen LogP contribution in [0.4, 0.5) is 0 Å². The van der Waals surface area contributed by atoms with Crippen LogP contribution in [0, 0.1) is 0 Å². The van der Waals surface area contributed by atoms with E-state index in [2.05, 4.69) is 0 Å². The van der Waals surface area contributed by atoms with E-state index in [-0.39, 0.29) is 11.5 Å². The van der Waals surface area contributed by atoms with Gasteiger partial charge in [0.15, 0.2) is 0 Å². The summed E-state index contributed by atoms with van der Waals surface area (Å²) in [5, 5.41) is 9.02. The Bertz CT molecular complexity index is 324. The maximum Gasteiger partial charge on any atom is 0.327 e. The Labute approximate surface area is 104 Å². The van der Waals surface area contributed by atoms with Gasteiger partial charge in [-0.05, 0) is 19.3 Å². The molecule has 1 unspecified atom stereocenters. The van der Waals surface area contributed by atoms with Gasteiger partial charge in [0.1, 0.15) is 6.04 Å². The van der Waals surface area contributed by atoms with Crippen LogP contribution in [0.1, 0.15) is 25.7 Å². The molecule has 96 valence electrons. The molecule has 0 radical (unpaired) electrons. The van der Waals surface area contributed by atoms with Crippen LogP contribution in [0.5, 0.6) is 0 Å². The maximum atomic E-state index is 12.1. The topological polar surface area (TPSA) is 66.8 Å². The van der Waals surface area contributed by atoms with Crippen molar-refractivity contribution in [3.8, 4) is 0 Å². The first-order valence-corrected chi connectivity index (χ1v) is 6.89. The SMILES string of the molecule is COC1(CC(=O)N2CSCC2C(=O)O)CCC1. The highest BCUT2D eigenvalue weighted by atomic mass is 32.2. The Morgan fingerprint density at radius 2 is 2.24 bits per heavy atom.